The van der Waals surface area contributed by atoms with E-state index >= 15 is 0 Å². The van der Waals surface area contributed by atoms with Gasteiger partial charge in [0.05, 0.1) is 6.61 Å². The fraction of sp³-hybridized carbons (Fsp3) is 0.500. The lowest BCUT2D eigenvalue weighted by molar-refractivity contribution is -0.0684. The van der Waals surface area contributed by atoms with Crippen LogP contribution in [0.3, 0.4) is 0 Å². The van der Waals surface area contributed by atoms with E-state index in [1.54, 1.807) is 0 Å². The molecule has 2 saturated heterocycles. The van der Waals surface area contributed by atoms with Gasteiger partial charge in [-0.1, -0.05) is 30.3 Å². The predicted octanol–water partition coefficient (Wildman–Crippen LogP) is 3.73. The summed E-state index contributed by atoms with van der Waals surface area (Å²) in [6.07, 6.45) is 3.49. The van der Waals surface area contributed by atoms with E-state index in [9.17, 15) is 5.11 Å². The van der Waals surface area contributed by atoms with Gasteiger partial charge in [-0.05, 0) is 69.2 Å². The number of para-hydroxylation sites is 1. The lowest BCUT2D eigenvalue weighted by atomic mass is 9.69. The molecule has 0 unspecified atom stereocenters. The number of rotatable bonds is 5. The third-order valence-corrected chi connectivity index (χ3v) is 6.97. The van der Waals surface area contributed by atoms with Gasteiger partial charge in [0.2, 0.25) is 0 Å². The van der Waals surface area contributed by atoms with Crippen LogP contribution >= 0.6 is 0 Å². The summed E-state index contributed by atoms with van der Waals surface area (Å²) in [7, 11) is 4.34. The average Bonchev–Trinajstić information content (AvgIpc) is 2.75. The Bertz CT molecular complexity index is 763. The van der Waals surface area contributed by atoms with Gasteiger partial charge in [0.25, 0.3) is 0 Å². The summed E-state index contributed by atoms with van der Waals surface area (Å²) in [6, 6.07) is 19.9. The minimum atomic E-state index is 0.117. The predicted molar refractivity (Wildman–Crippen MR) is 116 cm³/mol. The number of likely N-dealkylation sites (tertiary alicyclic amines) is 2. The van der Waals surface area contributed by atoms with Gasteiger partial charge in [-0.25, -0.2) is 0 Å². The number of fused-ring (bicyclic) bond motifs is 1. The third-order valence-electron chi connectivity index (χ3n) is 6.97. The monoisotopic (exact) mass is 379 g/mol. The zero-order valence-corrected chi connectivity index (χ0v) is 17.2. The second-order valence-electron chi connectivity index (χ2n) is 8.67. The molecule has 2 aliphatic heterocycles. The highest BCUT2D eigenvalue weighted by molar-refractivity contribution is 5.62. The van der Waals surface area contributed by atoms with Crippen molar-refractivity contribution in [2.45, 2.75) is 31.8 Å². The largest absolute Gasteiger partial charge is 0.396 e. The van der Waals surface area contributed by atoms with Crippen molar-refractivity contribution in [2.24, 2.45) is 5.41 Å². The summed E-state index contributed by atoms with van der Waals surface area (Å²) < 4.78 is 0. The van der Waals surface area contributed by atoms with Crippen LogP contribution in [0.5, 0.6) is 0 Å². The average molecular weight is 380 g/mol. The van der Waals surface area contributed by atoms with Crippen molar-refractivity contribution in [3.63, 3.8) is 0 Å². The zero-order valence-electron chi connectivity index (χ0n) is 17.2. The summed E-state index contributed by atoms with van der Waals surface area (Å²) in [5.41, 5.74) is 3.89. The number of anilines is 2. The van der Waals surface area contributed by atoms with E-state index in [4.69, 9.17) is 0 Å². The van der Waals surface area contributed by atoms with Gasteiger partial charge in [0, 0.05) is 43.0 Å². The Kier molecular flexibility index (Phi) is 5.72. The summed E-state index contributed by atoms with van der Waals surface area (Å²) in [5, 5.41) is 10.1. The molecule has 0 bridgehead atoms. The van der Waals surface area contributed by atoms with E-state index < -0.39 is 0 Å². The molecule has 0 amide bonds. The molecule has 4 nitrogen and oxygen atoms in total. The van der Waals surface area contributed by atoms with Crippen LogP contribution < -0.4 is 4.90 Å². The molecule has 4 rings (SSSR count). The summed E-state index contributed by atoms with van der Waals surface area (Å²) in [4.78, 5) is 7.26. The molecule has 4 heteroatoms. The molecule has 2 atom stereocenters. The Morgan fingerprint density at radius 1 is 1.00 bits per heavy atom. The highest BCUT2D eigenvalue weighted by Gasteiger charge is 2.46. The first-order valence-corrected chi connectivity index (χ1v) is 10.5. The number of likely N-dealkylation sites (N-methyl/N-ethyl adjacent to an activating group) is 1. The lowest BCUT2D eigenvalue weighted by Gasteiger charge is -2.53. The second-order valence-corrected chi connectivity index (χ2v) is 8.67. The maximum atomic E-state index is 10.1. The maximum Gasteiger partial charge on any atom is 0.0503 e. The molecule has 2 aromatic rings. The maximum absolute atomic E-state index is 10.1. The minimum Gasteiger partial charge on any atom is -0.396 e. The number of aliphatic hydroxyl groups is 1. The van der Waals surface area contributed by atoms with Gasteiger partial charge in [0.1, 0.15) is 0 Å². The molecular formula is C24H33N3O. The van der Waals surface area contributed by atoms with Gasteiger partial charge < -0.3 is 14.9 Å². The molecule has 2 aliphatic rings. The molecule has 0 aromatic heterocycles. The first kappa shape index (κ1) is 19.4. The van der Waals surface area contributed by atoms with E-state index in [0.29, 0.717) is 12.6 Å². The lowest BCUT2D eigenvalue weighted by Crippen LogP contribution is -2.61. The molecule has 2 fully saturated rings. The van der Waals surface area contributed by atoms with Crippen LogP contribution in [0.1, 0.15) is 24.8 Å². The quantitative estimate of drug-likeness (QED) is 0.857. The second kappa shape index (κ2) is 8.24. The highest BCUT2D eigenvalue weighted by atomic mass is 16.3. The van der Waals surface area contributed by atoms with Crippen LogP contribution in [-0.4, -0.2) is 61.3 Å². The van der Waals surface area contributed by atoms with Crippen LogP contribution in [0.25, 0.3) is 0 Å². The van der Waals surface area contributed by atoms with Gasteiger partial charge in [-0.3, -0.25) is 4.90 Å². The molecule has 0 saturated carbocycles. The normalized spacial score (nSPS) is 26.0. The van der Waals surface area contributed by atoms with Gasteiger partial charge in [-0.2, -0.15) is 0 Å². The van der Waals surface area contributed by atoms with E-state index in [-0.39, 0.29) is 5.41 Å². The first-order chi connectivity index (χ1) is 13.6. The number of benzene rings is 2. The van der Waals surface area contributed by atoms with Gasteiger partial charge >= 0.3 is 0 Å². The molecule has 0 radical (unpaired) electrons. The van der Waals surface area contributed by atoms with Crippen LogP contribution in [0.2, 0.25) is 0 Å². The molecule has 2 aromatic carbocycles. The fourth-order valence-electron chi connectivity index (χ4n) is 5.10. The Morgan fingerprint density at radius 3 is 2.43 bits per heavy atom. The molecule has 28 heavy (non-hydrogen) atoms. The van der Waals surface area contributed by atoms with E-state index in [1.165, 1.54) is 29.8 Å². The Hall–Kier alpha value is -1.88. The Labute approximate surface area is 169 Å². The van der Waals surface area contributed by atoms with Crippen LogP contribution in [-0.2, 0) is 6.54 Å². The standard InChI is InChI=1S/C24H33N3O/c1-25-15-6-13-24(19-28)14-16-27(18-23(24)25)17-20-9-11-22(12-10-20)26(2)21-7-4-3-5-8-21/h3-5,7-12,23,28H,6,13-19H2,1-2H3/t23-,24-/m1/s1. The summed E-state index contributed by atoms with van der Waals surface area (Å²) in [5.74, 6) is 0. The van der Waals surface area contributed by atoms with E-state index in [2.05, 4.69) is 77.3 Å². The van der Waals surface area contributed by atoms with Crippen LogP contribution in [0.4, 0.5) is 11.4 Å². The number of hydrogen-bond acceptors (Lipinski definition) is 4. The Morgan fingerprint density at radius 2 is 1.71 bits per heavy atom. The minimum absolute atomic E-state index is 0.117. The zero-order chi connectivity index (χ0) is 19.6. The topological polar surface area (TPSA) is 30.0 Å². The highest BCUT2D eigenvalue weighted by Crippen LogP contribution is 2.41. The smallest absolute Gasteiger partial charge is 0.0503 e. The van der Waals surface area contributed by atoms with Crippen molar-refractivity contribution in [1.82, 2.24) is 9.80 Å². The van der Waals surface area contributed by atoms with Crippen molar-refractivity contribution in [3.8, 4) is 0 Å². The van der Waals surface area contributed by atoms with E-state index in [1.807, 2.05) is 6.07 Å². The van der Waals surface area contributed by atoms with Crippen LogP contribution in [0.15, 0.2) is 54.6 Å². The molecule has 2 heterocycles. The molecular weight excluding hydrogens is 346 g/mol. The van der Waals surface area contributed by atoms with Crippen molar-refractivity contribution >= 4 is 11.4 Å². The number of nitrogens with zero attached hydrogens (tertiary/aromatic N) is 3. The molecule has 1 N–H and O–H groups in total. The van der Waals surface area contributed by atoms with Gasteiger partial charge in [0.15, 0.2) is 0 Å². The van der Waals surface area contributed by atoms with Crippen molar-refractivity contribution in [2.75, 3.05) is 45.2 Å². The van der Waals surface area contributed by atoms with Crippen molar-refractivity contribution in [3.05, 3.63) is 60.2 Å². The summed E-state index contributed by atoms with van der Waals surface area (Å²) in [6.45, 7) is 4.61. The van der Waals surface area contributed by atoms with Crippen LogP contribution in [0, 0.1) is 5.41 Å². The molecule has 150 valence electrons. The van der Waals surface area contributed by atoms with Gasteiger partial charge in [-0.15, -0.1) is 0 Å². The fourth-order valence-corrected chi connectivity index (χ4v) is 5.10. The van der Waals surface area contributed by atoms with Crippen molar-refractivity contribution in [1.29, 1.82) is 0 Å². The Balaban J connectivity index is 1.41. The third kappa shape index (κ3) is 3.82. The van der Waals surface area contributed by atoms with Crippen molar-refractivity contribution < 1.29 is 5.11 Å². The number of aliphatic hydroxyl groups excluding tert-OH is 1. The SMILES string of the molecule is CN(c1ccccc1)c1ccc(CN2CC[C@@]3(CO)CCCN(C)[C@@H]3C2)cc1. The molecule has 0 spiro atoms. The van der Waals surface area contributed by atoms with E-state index in [0.717, 1.165) is 32.6 Å². The summed E-state index contributed by atoms with van der Waals surface area (Å²) >= 11 is 0. The first-order valence-electron chi connectivity index (χ1n) is 10.5. The number of hydrogen-bond donors (Lipinski definition) is 1. The number of piperidine rings is 2. The molecule has 0 aliphatic carbocycles.